The van der Waals surface area contributed by atoms with Crippen molar-refractivity contribution in [3.63, 3.8) is 0 Å². The van der Waals surface area contributed by atoms with Gasteiger partial charge in [-0.1, -0.05) is 20.8 Å². The van der Waals surface area contributed by atoms with Crippen LogP contribution in [0.25, 0.3) is 0 Å². The second-order valence-electron chi connectivity index (χ2n) is 3.75. The molecule has 0 aliphatic carbocycles. The fourth-order valence-corrected chi connectivity index (χ4v) is 2.39. The minimum Gasteiger partial charge on any atom is -0.466 e. The first-order valence-corrected chi connectivity index (χ1v) is 7.27. The summed E-state index contributed by atoms with van der Waals surface area (Å²) in [7, 11) is 0. The third kappa shape index (κ3) is 7.12. The quantitative estimate of drug-likeness (QED) is 0.462. The molecule has 1 unspecified atom stereocenters. The summed E-state index contributed by atoms with van der Waals surface area (Å²) in [5.74, 6) is 1.89. The van der Waals surface area contributed by atoms with Gasteiger partial charge in [-0.15, -0.1) is 0 Å². The van der Waals surface area contributed by atoms with E-state index in [1.54, 1.807) is 0 Å². The summed E-state index contributed by atoms with van der Waals surface area (Å²) in [5, 5.41) is 0. The molecule has 4 heteroatoms. The van der Waals surface area contributed by atoms with Crippen LogP contribution in [0.5, 0.6) is 0 Å². The van der Waals surface area contributed by atoms with Crippen LogP contribution in [0.2, 0.25) is 0 Å². The van der Waals surface area contributed by atoms with E-state index in [-0.39, 0.29) is 11.9 Å². The summed E-state index contributed by atoms with van der Waals surface area (Å²) in [4.78, 5) is 13.7. The largest absolute Gasteiger partial charge is 0.466 e. The van der Waals surface area contributed by atoms with Gasteiger partial charge in [0.05, 0.1) is 12.5 Å². The van der Waals surface area contributed by atoms with E-state index in [9.17, 15) is 4.79 Å². The van der Waals surface area contributed by atoms with Gasteiger partial charge < -0.3 is 9.64 Å². The number of hydrogen-bond acceptors (Lipinski definition) is 4. The molecule has 96 valence electrons. The predicted molar refractivity (Wildman–Crippen MR) is 70.9 cm³/mol. The standard InChI is InChI=1S/C12H25NO2S/c1-5-13(6-2)8-9-16-10-11(4)12(14)15-7-3/h11H,5-10H2,1-4H3. The minimum atomic E-state index is -0.0714. The average molecular weight is 247 g/mol. The van der Waals surface area contributed by atoms with Gasteiger partial charge in [-0.25, -0.2) is 0 Å². The van der Waals surface area contributed by atoms with E-state index in [0.717, 1.165) is 31.1 Å². The van der Waals surface area contributed by atoms with E-state index in [4.69, 9.17) is 4.74 Å². The van der Waals surface area contributed by atoms with Crippen LogP contribution >= 0.6 is 11.8 Å². The number of carbonyl (C=O) groups excluding carboxylic acids is 1. The zero-order valence-corrected chi connectivity index (χ0v) is 11.8. The SMILES string of the molecule is CCOC(=O)C(C)CSCCN(CC)CC. The number of rotatable bonds is 9. The third-order valence-electron chi connectivity index (χ3n) is 2.50. The van der Waals surface area contributed by atoms with Crippen molar-refractivity contribution >= 4 is 17.7 Å². The molecule has 3 nitrogen and oxygen atoms in total. The van der Waals surface area contributed by atoms with Gasteiger partial charge in [-0.3, -0.25) is 4.79 Å². The van der Waals surface area contributed by atoms with Gasteiger partial charge in [0.2, 0.25) is 0 Å². The Morgan fingerprint density at radius 3 is 2.44 bits per heavy atom. The summed E-state index contributed by atoms with van der Waals surface area (Å²) in [6, 6.07) is 0. The monoisotopic (exact) mass is 247 g/mol. The third-order valence-corrected chi connectivity index (χ3v) is 3.71. The zero-order valence-electron chi connectivity index (χ0n) is 11.0. The maximum absolute atomic E-state index is 11.3. The summed E-state index contributed by atoms with van der Waals surface area (Å²) in [6.45, 7) is 11.9. The Balaban J connectivity index is 3.54. The Hall–Kier alpha value is -0.220. The van der Waals surface area contributed by atoms with Gasteiger partial charge in [-0.05, 0) is 20.0 Å². The number of thioether (sulfide) groups is 1. The molecule has 0 spiro atoms. The van der Waals surface area contributed by atoms with Crippen molar-refractivity contribution in [1.82, 2.24) is 4.90 Å². The summed E-state index contributed by atoms with van der Waals surface area (Å²) in [5.41, 5.74) is 0. The fourth-order valence-electron chi connectivity index (χ4n) is 1.35. The van der Waals surface area contributed by atoms with Crippen LogP contribution in [0, 0.1) is 5.92 Å². The lowest BCUT2D eigenvalue weighted by Gasteiger charge is -2.17. The second kappa shape index (κ2) is 9.97. The Labute approximate surface area is 104 Å². The molecule has 0 fully saturated rings. The van der Waals surface area contributed by atoms with Gasteiger partial charge >= 0.3 is 5.97 Å². The highest BCUT2D eigenvalue weighted by molar-refractivity contribution is 7.99. The zero-order chi connectivity index (χ0) is 12.4. The van der Waals surface area contributed by atoms with Crippen molar-refractivity contribution in [2.45, 2.75) is 27.7 Å². The van der Waals surface area contributed by atoms with E-state index in [1.807, 2.05) is 25.6 Å². The molecule has 0 aliphatic rings. The second-order valence-corrected chi connectivity index (χ2v) is 4.90. The fraction of sp³-hybridized carbons (Fsp3) is 0.917. The summed E-state index contributed by atoms with van der Waals surface area (Å²) in [6.07, 6.45) is 0. The molecule has 0 heterocycles. The number of esters is 1. The van der Waals surface area contributed by atoms with Gasteiger partial charge in [0.1, 0.15) is 0 Å². The number of ether oxygens (including phenoxy) is 1. The van der Waals surface area contributed by atoms with Gasteiger partial charge in [-0.2, -0.15) is 11.8 Å². The molecule has 16 heavy (non-hydrogen) atoms. The van der Waals surface area contributed by atoms with Crippen molar-refractivity contribution < 1.29 is 9.53 Å². The first-order chi connectivity index (χ1) is 7.65. The summed E-state index contributed by atoms with van der Waals surface area (Å²) >= 11 is 1.83. The molecule has 0 aliphatic heterocycles. The van der Waals surface area contributed by atoms with Crippen LogP contribution < -0.4 is 0 Å². The Bertz CT molecular complexity index is 184. The van der Waals surface area contributed by atoms with Gasteiger partial charge in [0.15, 0.2) is 0 Å². The molecule has 0 saturated heterocycles. The number of nitrogens with zero attached hydrogens (tertiary/aromatic N) is 1. The first kappa shape index (κ1) is 15.8. The van der Waals surface area contributed by atoms with Crippen molar-refractivity contribution in [1.29, 1.82) is 0 Å². The van der Waals surface area contributed by atoms with Crippen LogP contribution in [-0.2, 0) is 9.53 Å². The van der Waals surface area contributed by atoms with Crippen LogP contribution in [0.4, 0.5) is 0 Å². The normalized spacial score (nSPS) is 12.8. The predicted octanol–water partition coefficient (Wildman–Crippen LogP) is 2.26. The van der Waals surface area contributed by atoms with Crippen LogP contribution in [-0.4, -0.2) is 48.6 Å². The van der Waals surface area contributed by atoms with Crippen molar-refractivity contribution in [2.24, 2.45) is 5.92 Å². The Morgan fingerprint density at radius 2 is 1.94 bits per heavy atom. The molecule has 0 amide bonds. The maximum Gasteiger partial charge on any atom is 0.309 e. The van der Waals surface area contributed by atoms with Gasteiger partial charge in [0.25, 0.3) is 0 Å². The molecular formula is C12H25NO2S. The van der Waals surface area contributed by atoms with Crippen molar-refractivity contribution in [2.75, 3.05) is 37.7 Å². The van der Waals surface area contributed by atoms with E-state index in [2.05, 4.69) is 18.7 Å². The lowest BCUT2D eigenvalue weighted by atomic mass is 10.2. The molecule has 0 rings (SSSR count). The first-order valence-electron chi connectivity index (χ1n) is 6.12. The summed E-state index contributed by atoms with van der Waals surface area (Å²) < 4.78 is 4.96. The number of hydrogen-bond donors (Lipinski definition) is 0. The highest BCUT2D eigenvalue weighted by Gasteiger charge is 2.13. The molecule has 0 bridgehead atoms. The average Bonchev–Trinajstić information content (AvgIpc) is 2.29. The minimum absolute atomic E-state index is 0.0154. The maximum atomic E-state index is 11.3. The highest BCUT2D eigenvalue weighted by Crippen LogP contribution is 2.10. The lowest BCUT2D eigenvalue weighted by molar-refractivity contribution is -0.146. The van der Waals surface area contributed by atoms with Crippen LogP contribution in [0.3, 0.4) is 0 Å². The number of carbonyl (C=O) groups is 1. The van der Waals surface area contributed by atoms with E-state index < -0.39 is 0 Å². The van der Waals surface area contributed by atoms with Crippen LogP contribution in [0.15, 0.2) is 0 Å². The van der Waals surface area contributed by atoms with Crippen LogP contribution in [0.1, 0.15) is 27.7 Å². The Kier molecular flexibility index (Phi) is 9.83. The Morgan fingerprint density at radius 1 is 1.31 bits per heavy atom. The van der Waals surface area contributed by atoms with Crippen molar-refractivity contribution in [3.05, 3.63) is 0 Å². The molecule has 0 N–H and O–H groups in total. The van der Waals surface area contributed by atoms with E-state index >= 15 is 0 Å². The molecule has 0 saturated carbocycles. The topological polar surface area (TPSA) is 29.5 Å². The van der Waals surface area contributed by atoms with E-state index in [1.165, 1.54) is 0 Å². The molecule has 0 aromatic rings. The highest BCUT2D eigenvalue weighted by atomic mass is 32.2. The molecule has 1 atom stereocenters. The molecular weight excluding hydrogens is 222 g/mol. The van der Waals surface area contributed by atoms with E-state index in [0.29, 0.717) is 6.61 Å². The van der Waals surface area contributed by atoms with Crippen molar-refractivity contribution in [3.8, 4) is 0 Å². The molecule has 0 aromatic carbocycles. The smallest absolute Gasteiger partial charge is 0.309 e. The van der Waals surface area contributed by atoms with Gasteiger partial charge in [0, 0.05) is 18.1 Å². The molecule has 0 aromatic heterocycles. The molecule has 0 radical (unpaired) electrons. The lowest BCUT2D eigenvalue weighted by Crippen LogP contribution is -2.26.